The molecule has 0 aliphatic heterocycles. The second kappa shape index (κ2) is 3.34. The zero-order chi connectivity index (χ0) is 11.0. The van der Waals surface area contributed by atoms with Crippen molar-refractivity contribution in [3.63, 3.8) is 0 Å². The van der Waals surface area contributed by atoms with Crippen LogP contribution in [0.2, 0.25) is 0 Å². The highest BCUT2D eigenvalue weighted by molar-refractivity contribution is 5.90. The SMILES string of the molecule is Oc1cccc2c(-n3cccn3)ccnc12. The van der Waals surface area contributed by atoms with Crippen molar-refractivity contribution in [3.8, 4) is 11.4 Å². The van der Waals surface area contributed by atoms with Crippen molar-refractivity contribution in [2.45, 2.75) is 0 Å². The lowest BCUT2D eigenvalue weighted by Gasteiger charge is -2.06. The predicted molar refractivity (Wildman–Crippen MR) is 60.5 cm³/mol. The normalized spacial score (nSPS) is 10.8. The summed E-state index contributed by atoms with van der Waals surface area (Å²) in [7, 11) is 0. The molecule has 1 N–H and O–H groups in total. The Morgan fingerprint density at radius 2 is 2.00 bits per heavy atom. The number of pyridine rings is 1. The summed E-state index contributed by atoms with van der Waals surface area (Å²) >= 11 is 0. The Kier molecular flexibility index (Phi) is 1.86. The Labute approximate surface area is 91.8 Å². The van der Waals surface area contributed by atoms with Gasteiger partial charge in [0, 0.05) is 24.0 Å². The van der Waals surface area contributed by atoms with Crippen LogP contribution < -0.4 is 0 Å². The number of nitrogens with zero attached hydrogens (tertiary/aromatic N) is 3. The van der Waals surface area contributed by atoms with Crippen LogP contribution in [0.5, 0.6) is 5.75 Å². The van der Waals surface area contributed by atoms with E-state index in [2.05, 4.69) is 10.1 Å². The maximum Gasteiger partial charge on any atom is 0.141 e. The number of phenols is 1. The van der Waals surface area contributed by atoms with Crippen LogP contribution in [0.3, 0.4) is 0 Å². The molecule has 0 atom stereocenters. The number of benzene rings is 1. The second-order valence-corrected chi connectivity index (χ2v) is 3.45. The van der Waals surface area contributed by atoms with Gasteiger partial charge in [-0.25, -0.2) is 4.68 Å². The number of aromatic hydroxyl groups is 1. The molecule has 0 amide bonds. The number of fused-ring (bicyclic) bond motifs is 1. The van der Waals surface area contributed by atoms with E-state index >= 15 is 0 Å². The summed E-state index contributed by atoms with van der Waals surface area (Å²) in [6.07, 6.45) is 5.24. The van der Waals surface area contributed by atoms with Gasteiger partial charge in [0.05, 0.1) is 5.69 Å². The zero-order valence-electron chi connectivity index (χ0n) is 8.41. The van der Waals surface area contributed by atoms with E-state index in [9.17, 15) is 5.11 Å². The fourth-order valence-electron chi connectivity index (χ4n) is 1.76. The maximum absolute atomic E-state index is 9.70. The quantitative estimate of drug-likeness (QED) is 0.670. The lowest BCUT2D eigenvalue weighted by molar-refractivity contribution is 0.480. The fraction of sp³-hybridized carbons (Fsp3) is 0. The molecule has 0 aliphatic rings. The molecule has 4 nitrogen and oxygen atoms in total. The first-order chi connectivity index (χ1) is 7.86. The van der Waals surface area contributed by atoms with Crippen molar-refractivity contribution >= 4 is 10.9 Å². The minimum atomic E-state index is 0.187. The topological polar surface area (TPSA) is 50.9 Å². The predicted octanol–water partition coefficient (Wildman–Crippen LogP) is 2.13. The molecule has 1 aromatic carbocycles. The molecule has 0 unspecified atom stereocenters. The van der Waals surface area contributed by atoms with Gasteiger partial charge >= 0.3 is 0 Å². The summed E-state index contributed by atoms with van der Waals surface area (Å²) in [6, 6.07) is 9.07. The Bertz CT molecular complexity index is 632. The van der Waals surface area contributed by atoms with Crippen molar-refractivity contribution in [2.75, 3.05) is 0 Å². The Morgan fingerprint density at radius 1 is 1.06 bits per heavy atom. The molecular weight excluding hydrogens is 202 g/mol. The smallest absolute Gasteiger partial charge is 0.141 e. The molecule has 0 radical (unpaired) electrons. The standard InChI is InChI=1S/C12H9N3O/c16-11-4-1-3-9-10(5-7-13-12(9)11)15-8-2-6-14-15/h1-8,16H. The average Bonchev–Trinajstić information content (AvgIpc) is 2.82. The molecule has 2 aromatic heterocycles. The van der Waals surface area contributed by atoms with Crippen LogP contribution in [0, 0.1) is 0 Å². The Balaban J connectivity index is 2.38. The maximum atomic E-state index is 9.70. The molecule has 4 heteroatoms. The summed E-state index contributed by atoms with van der Waals surface area (Å²) in [5, 5.41) is 14.8. The minimum absolute atomic E-state index is 0.187. The van der Waals surface area contributed by atoms with Gasteiger partial charge in [0.2, 0.25) is 0 Å². The Morgan fingerprint density at radius 3 is 2.81 bits per heavy atom. The first-order valence-corrected chi connectivity index (χ1v) is 4.93. The minimum Gasteiger partial charge on any atom is -0.506 e. The van der Waals surface area contributed by atoms with E-state index in [1.807, 2.05) is 24.4 Å². The fourth-order valence-corrected chi connectivity index (χ4v) is 1.76. The first-order valence-electron chi connectivity index (χ1n) is 4.93. The third kappa shape index (κ3) is 1.24. The summed E-state index contributed by atoms with van der Waals surface area (Å²) in [4.78, 5) is 4.16. The van der Waals surface area contributed by atoms with Gasteiger partial charge in [-0.05, 0) is 18.2 Å². The van der Waals surface area contributed by atoms with Crippen molar-refractivity contribution in [2.24, 2.45) is 0 Å². The van der Waals surface area contributed by atoms with E-state index in [0.29, 0.717) is 5.52 Å². The summed E-state index contributed by atoms with van der Waals surface area (Å²) in [5.74, 6) is 0.187. The van der Waals surface area contributed by atoms with Gasteiger partial charge in [-0.2, -0.15) is 5.10 Å². The number of rotatable bonds is 1. The van der Waals surface area contributed by atoms with Gasteiger partial charge < -0.3 is 5.11 Å². The molecule has 16 heavy (non-hydrogen) atoms. The highest BCUT2D eigenvalue weighted by atomic mass is 16.3. The van der Waals surface area contributed by atoms with Crippen LogP contribution in [-0.2, 0) is 0 Å². The molecule has 0 aliphatic carbocycles. The van der Waals surface area contributed by atoms with Crippen molar-refractivity contribution in [1.82, 2.24) is 14.8 Å². The summed E-state index contributed by atoms with van der Waals surface area (Å²) < 4.78 is 1.75. The van der Waals surface area contributed by atoms with Crippen molar-refractivity contribution in [3.05, 3.63) is 48.9 Å². The number of aromatic nitrogens is 3. The molecule has 0 fully saturated rings. The number of hydrogen-bond acceptors (Lipinski definition) is 3. The van der Waals surface area contributed by atoms with Crippen LogP contribution >= 0.6 is 0 Å². The van der Waals surface area contributed by atoms with Crippen LogP contribution in [0.25, 0.3) is 16.6 Å². The average molecular weight is 211 g/mol. The van der Waals surface area contributed by atoms with E-state index in [1.54, 1.807) is 29.2 Å². The molecular formula is C12H9N3O. The highest BCUT2D eigenvalue weighted by Gasteiger charge is 2.06. The van der Waals surface area contributed by atoms with E-state index in [1.165, 1.54) is 0 Å². The highest BCUT2D eigenvalue weighted by Crippen LogP contribution is 2.26. The molecule has 0 saturated heterocycles. The van der Waals surface area contributed by atoms with E-state index in [0.717, 1.165) is 11.1 Å². The molecule has 2 heterocycles. The Hall–Kier alpha value is -2.36. The molecule has 3 aromatic rings. The number of hydrogen-bond donors (Lipinski definition) is 1. The lowest BCUT2D eigenvalue weighted by Crippen LogP contribution is -1.96. The van der Waals surface area contributed by atoms with Gasteiger partial charge in [-0.3, -0.25) is 4.98 Å². The van der Waals surface area contributed by atoms with Gasteiger partial charge in [0.25, 0.3) is 0 Å². The molecule has 78 valence electrons. The lowest BCUT2D eigenvalue weighted by atomic mass is 10.2. The van der Waals surface area contributed by atoms with Crippen LogP contribution in [0.4, 0.5) is 0 Å². The molecule has 0 spiro atoms. The second-order valence-electron chi connectivity index (χ2n) is 3.45. The largest absolute Gasteiger partial charge is 0.506 e. The summed E-state index contributed by atoms with van der Waals surface area (Å²) in [5.41, 5.74) is 1.50. The van der Waals surface area contributed by atoms with Crippen molar-refractivity contribution in [1.29, 1.82) is 0 Å². The van der Waals surface area contributed by atoms with Gasteiger partial charge in [0.1, 0.15) is 11.3 Å². The molecule has 3 rings (SSSR count). The van der Waals surface area contributed by atoms with Gasteiger partial charge in [-0.15, -0.1) is 0 Å². The monoisotopic (exact) mass is 211 g/mol. The number of phenolic OH excluding ortho intramolecular Hbond substituents is 1. The van der Waals surface area contributed by atoms with Gasteiger partial charge in [-0.1, -0.05) is 12.1 Å². The third-order valence-electron chi connectivity index (χ3n) is 2.48. The van der Waals surface area contributed by atoms with Crippen LogP contribution in [0.15, 0.2) is 48.9 Å². The summed E-state index contributed by atoms with van der Waals surface area (Å²) in [6.45, 7) is 0. The van der Waals surface area contributed by atoms with Crippen molar-refractivity contribution < 1.29 is 5.11 Å². The zero-order valence-corrected chi connectivity index (χ0v) is 8.41. The van der Waals surface area contributed by atoms with E-state index in [-0.39, 0.29) is 5.75 Å². The molecule has 0 saturated carbocycles. The third-order valence-corrected chi connectivity index (χ3v) is 2.48. The molecule has 0 bridgehead atoms. The number of para-hydroxylation sites is 1. The van der Waals surface area contributed by atoms with Crippen LogP contribution in [0.1, 0.15) is 0 Å². The van der Waals surface area contributed by atoms with E-state index < -0.39 is 0 Å². The first kappa shape index (κ1) is 8.91. The van der Waals surface area contributed by atoms with Crippen LogP contribution in [-0.4, -0.2) is 19.9 Å². The van der Waals surface area contributed by atoms with E-state index in [4.69, 9.17) is 0 Å². The van der Waals surface area contributed by atoms with Gasteiger partial charge in [0.15, 0.2) is 0 Å².